The van der Waals surface area contributed by atoms with Crippen LogP contribution in [0.2, 0.25) is 0 Å². The van der Waals surface area contributed by atoms with Crippen molar-refractivity contribution < 1.29 is 30.8 Å². The molecule has 1 aliphatic heterocycles. The highest BCUT2D eigenvalue weighted by Crippen LogP contribution is 2.31. The van der Waals surface area contributed by atoms with Crippen LogP contribution in [-0.4, -0.2) is 55.8 Å². The first-order chi connectivity index (χ1) is 14.5. The van der Waals surface area contributed by atoms with Crippen LogP contribution in [0.5, 0.6) is 0 Å². The van der Waals surface area contributed by atoms with Gasteiger partial charge in [0.2, 0.25) is 15.9 Å². The van der Waals surface area contributed by atoms with E-state index in [0.29, 0.717) is 6.07 Å². The van der Waals surface area contributed by atoms with Gasteiger partial charge in [0.25, 0.3) is 0 Å². The molecule has 1 atom stereocenters. The first-order valence-corrected chi connectivity index (χ1v) is 10.9. The number of nitrogens with one attached hydrogen (secondary N) is 1. The summed E-state index contributed by atoms with van der Waals surface area (Å²) in [5.41, 5.74) is -0.990. The largest absolute Gasteiger partial charge is 0.416 e. The van der Waals surface area contributed by atoms with E-state index >= 15 is 0 Å². The van der Waals surface area contributed by atoms with E-state index in [2.05, 4.69) is 5.32 Å². The summed E-state index contributed by atoms with van der Waals surface area (Å²) in [5, 5.41) is 2.50. The van der Waals surface area contributed by atoms with Crippen LogP contribution in [0, 0.1) is 5.82 Å². The molecule has 0 aliphatic carbocycles. The van der Waals surface area contributed by atoms with Crippen LogP contribution in [0.15, 0.2) is 53.4 Å². The lowest BCUT2D eigenvalue weighted by Gasteiger charge is -2.36. The first-order valence-electron chi connectivity index (χ1n) is 9.47. The fourth-order valence-corrected chi connectivity index (χ4v) is 4.75. The second-order valence-corrected chi connectivity index (χ2v) is 9.05. The third kappa shape index (κ3) is 5.23. The Morgan fingerprint density at radius 2 is 1.68 bits per heavy atom. The highest BCUT2D eigenvalue weighted by atomic mass is 32.2. The molecular weight excluding hydrogens is 438 g/mol. The second kappa shape index (κ2) is 8.93. The number of anilines is 1. The molecule has 2 aromatic carbocycles. The summed E-state index contributed by atoms with van der Waals surface area (Å²) >= 11 is 0. The summed E-state index contributed by atoms with van der Waals surface area (Å²) in [6.07, 6.45) is -4.65. The molecule has 168 valence electrons. The number of nitrogens with zero attached hydrogens (tertiary/aromatic N) is 2. The molecule has 1 N–H and O–H groups in total. The molecule has 1 amide bonds. The standard InChI is InChI=1S/C20H21F4N3O3S/c1-14(19(28)25-18-8-3-2-7-17(18)21)26-9-11-27(12-10-26)31(29,30)16-6-4-5-15(13-16)20(22,23)24/h2-8,13-14H,9-12H2,1H3,(H,25,28). The number of alkyl halides is 3. The molecule has 0 spiro atoms. The van der Waals surface area contributed by atoms with Crippen molar-refractivity contribution in [2.24, 2.45) is 0 Å². The maximum atomic E-state index is 13.7. The van der Waals surface area contributed by atoms with Gasteiger partial charge in [0.1, 0.15) is 5.82 Å². The lowest BCUT2D eigenvalue weighted by Crippen LogP contribution is -2.53. The Balaban J connectivity index is 1.64. The van der Waals surface area contributed by atoms with Crippen LogP contribution in [0.3, 0.4) is 0 Å². The number of carbonyl (C=O) groups is 1. The zero-order valence-electron chi connectivity index (χ0n) is 16.6. The average molecular weight is 459 g/mol. The van der Waals surface area contributed by atoms with Crippen molar-refractivity contribution in [3.8, 4) is 0 Å². The second-order valence-electron chi connectivity index (χ2n) is 7.11. The van der Waals surface area contributed by atoms with Gasteiger partial charge in [-0.2, -0.15) is 17.5 Å². The predicted molar refractivity (Wildman–Crippen MR) is 106 cm³/mol. The number of rotatable bonds is 5. The zero-order valence-corrected chi connectivity index (χ0v) is 17.4. The molecule has 6 nitrogen and oxygen atoms in total. The van der Waals surface area contributed by atoms with E-state index in [-0.39, 0.29) is 31.9 Å². The first kappa shape index (κ1) is 23.2. The molecule has 1 unspecified atom stereocenters. The quantitative estimate of drug-likeness (QED) is 0.698. The van der Waals surface area contributed by atoms with Gasteiger partial charge in [-0.15, -0.1) is 0 Å². The van der Waals surface area contributed by atoms with E-state index < -0.39 is 44.4 Å². The van der Waals surface area contributed by atoms with E-state index in [9.17, 15) is 30.8 Å². The van der Waals surface area contributed by atoms with E-state index in [4.69, 9.17) is 0 Å². The summed E-state index contributed by atoms with van der Waals surface area (Å²) in [4.78, 5) is 13.7. The highest BCUT2D eigenvalue weighted by Gasteiger charge is 2.35. The molecule has 0 bridgehead atoms. The molecule has 1 aliphatic rings. The van der Waals surface area contributed by atoms with Gasteiger partial charge in [0, 0.05) is 26.2 Å². The van der Waals surface area contributed by atoms with E-state index in [0.717, 1.165) is 22.5 Å². The summed E-state index contributed by atoms with van der Waals surface area (Å²) in [5.74, 6) is -1.01. The molecule has 2 aromatic rings. The molecule has 0 radical (unpaired) electrons. The Kier molecular flexibility index (Phi) is 6.68. The minimum absolute atomic E-state index is 0.00982. The molecule has 0 saturated carbocycles. The van der Waals surface area contributed by atoms with Crippen molar-refractivity contribution in [2.45, 2.75) is 24.0 Å². The van der Waals surface area contributed by atoms with Gasteiger partial charge in [-0.1, -0.05) is 18.2 Å². The number of halogens is 4. The van der Waals surface area contributed by atoms with E-state index in [1.807, 2.05) is 0 Å². The minimum atomic E-state index is -4.65. The number of sulfonamides is 1. The fourth-order valence-electron chi connectivity index (χ4n) is 3.28. The molecular formula is C20H21F4N3O3S. The molecule has 3 rings (SSSR count). The average Bonchev–Trinajstić information content (AvgIpc) is 2.74. The summed E-state index contributed by atoms with van der Waals surface area (Å²) in [7, 11) is -4.11. The van der Waals surface area contributed by atoms with Crippen molar-refractivity contribution in [1.29, 1.82) is 0 Å². The maximum Gasteiger partial charge on any atom is 0.416 e. The van der Waals surface area contributed by atoms with Crippen LogP contribution >= 0.6 is 0 Å². The SMILES string of the molecule is CC(C(=O)Nc1ccccc1F)N1CCN(S(=O)(=O)c2cccc(C(F)(F)F)c2)CC1. The third-order valence-corrected chi connectivity index (χ3v) is 7.03. The zero-order chi connectivity index (χ0) is 22.8. The van der Waals surface area contributed by atoms with Gasteiger partial charge >= 0.3 is 6.18 Å². The van der Waals surface area contributed by atoms with Gasteiger partial charge in [-0.3, -0.25) is 9.69 Å². The Morgan fingerprint density at radius 3 is 2.29 bits per heavy atom. The Bertz CT molecular complexity index is 1050. The molecule has 1 fully saturated rings. The number of amides is 1. The topological polar surface area (TPSA) is 69.7 Å². The third-order valence-electron chi connectivity index (χ3n) is 5.13. The Morgan fingerprint density at radius 1 is 1.03 bits per heavy atom. The van der Waals surface area contributed by atoms with Gasteiger partial charge in [-0.25, -0.2) is 12.8 Å². The summed E-state index contributed by atoms with van der Waals surface area (Å²) < 4.78 is 79.1. The number of benzene rings is 2. The Labute approximate surface area is 177 Å². The van der Waals surface area contributed by atoms with Crippen LogP contribution in [0.1, 0.15) is 12.5 Å². The molecule has 1 saturated heterocycles. The highest BCUT2D eigenvalue weighted by molar-refractivity contribution is 7.89. The van der Waals surface area contributed by atoms with Crippen molar-refractivity contribution in [2.75, 3.05) is 31.5 Å². The van der Waals surface area contributed by atoms with Gasteiger partial charge < -0.3 is 5.32 Å². The summed E-state index contributed by atoms with van der Waals surface area (Å²) in [6, 6.07) is 8.69. The fraction of sp³-hybridized carbons (Fsp3) is 0.350. The number of para-hydroxylation sites is 1. The van der Waals surface area contributed by atoms with Crippen molar-refractivity contribution in [3.05, 3.63) is 59.9 Å². The van der Waals surface area contributed by atoms with E-state index in [1.54, 1.807) is 17.9 Å². The van der Waals surface area contributed by atoms with Gasteiger partial charge in [0.15, 0.2) is 0 Å². The summed E-state index contributed by atoms with van der Waals surface area (Å²) in [6.45, 7) is 2.03. The maximum absolute atomic E-state index is 13.7. The van der Waals surface area contributed by atoms with Crippen LogP contribution in [0.4, 0.5) is 23.2 Å². The number of carbonyl (C=O) groups excluding carboxylic acids is 1. The molecule has 1 heterocycles. The molecule has 11 heteroatoms. The number of hydrogen-bond acceptors (Lipinski definition) is 4. The van der Waals surface area contributed by atoms with Crippen molar-refractivity contribution >= 4 is 21.6 Å². The van der Waals surface area contributed by atoms with E-state index in [1.165, 1.54) is 18.2 Å². The predicted octanol–water partition coefficient (Wildman–Crippen LogP) is 3.18. The molecule has 31 heavy (non-hydrogen) atoms. The lowest BCUT2D eigenvalue weighted by molar-refractivity contribution is -0.137. The van der Waals surface area contributed by atoms with Crippen molar-refractivity contribution in [1.82, 2.24) is 9.21 Å². The van der Waals surface area contributed by atoms with Crippen LogP contribution in [-0.2, 0) is 21.0 Å². The monoisotopic (exact) mass is 459 g/mol. The number of hydrogen-bond donors (Lipinski definition) is 1. The Hall–Kier alpha value is -2.50. The van der Waals surface area contributed by atoms with Crippen LogP contribution in [0.25, 0.3) is 0 Å². The minimum Gasteiger partial charge on any atom is -0.322 e. The van der Waals surface area contributed by atoms with Gasteiger partial charge in [0.05, 0.1) is 22.2 Å². The van der Waals surface area contributed by atoms with Crippen molar-refractivity contribution in [3.63, 3.8) is 0 Å². The number of piperazine rings is 1. The van der Waals surface area contributed by atoms with Crippen LogP contribution < -0.4 is 5.32 Å². The molecule has 0 aromatic heterocycles. The smallest absolute Gasteiger partial charge is 0.322 e. The normalized spacial score (nSPS) is 17.3. The lowest BCUT2D eigenvalue weighted by atomic mass is 10.2. The van der Waals surface area contributed by atoms with Gasteiger partial charge in [-0.05, 0) is 37.3 Å².